The van der Waals surface area contributed by atoms with E-state index < -0.39 is 5.97 Å². The molecule has 0 spiro atoms. The zero-order valence-electron chi connectivity index (χ0n) is 11.7. The Bertz CT molecular complexity index is 824. The molecular weight excluding hydrogens is 262 g/mol. The average molecular weight is 277 g/mol. The van der Waals surface area contributed by atoms with Gasteiger partial charge in [0.1, 0.15) is 0 Å². The number of carboxylic acid groups (broad SMARTS) is 1. The van der Waals surface area contributed by atoms with Crippen LogP contribution in [0.5, 0.6) is 0 Å². The SMILES string of the molecule is Cc1ccc2cc(-c3cccc(CC(=O)O)c3)ccc2n1. The smallest absolute Gasteiger partial charge is 0.307 e. The standard InChI is InChI=1S/C18H15NO2/c1-12-5-6-16-11-15(7-8-17(16)19-12)14-4-2-3-13(9-14)10-18(20)21/h2-9,11H,10H2,1H3,(H,20,21). The van der Waals surface area contributed by atoms with Gasteiger partial charge in [-0.05, 0) is 41.8 Å². The lowest BCUT2D eigenvalue weighted by atomic mass is 10.00. The fourth-order valence-electron chi connectivity index (χ4n) is 2.44. The fourth-order valence-corrected chi connectivity index (χ4v) is 2.44. The van der Waals surface area contributed by atoms with E-state index in [9.17, 15) is 4.79 Å². The van der Waals surface area contributed by atoms with Gasteiger partial charge >= 0.3 is 5.97 Å². The Labute approximate surface area is 122 Å². The minimum Gasteiger partial charge on any atom is -0.481 e. The molecule has 3 nitrogen and oxygen atoms in total. The van der Waals surface area contributed by atoms with Gasteiger partial charge in [0.05, 0.1) is 11.9 Å². The first kappa shape index (κ1) is 13.3. The molecule has 1 aromatic heterocycles. The second-order valence-electron chi connectivity index (χ2n) is 5.13. The second kappa shape index (κ2) is 5.37. The van der Waals surface area contributed by atoms with Gasteiger partial charge in [-0.2, -0.15) is 0 Å². The lowest BCUT2D eigenvalue weighted by Gasteiger charge is -2.06. The Balaban J connectivity index is 2.03. The number of hydrogen-bond acceptors (Lipinski definition) is 2. The van der Waals surface area contributed by atoms with E-state index in [4.69, 9.17) is 5.11 Å². The third-order valence-corrected chi connectivity index (χ3v) is 3.44. The lowest BCUT2D eigenvalue weighted by molar-refractivity contribution is -0.136. The molecule has 0 fully saturated rings. The van der Waals surface area contributed by atoms with Crippen LogP contribution < -0.4 is 0 Å². The van der Waals surface area contributed by atoms with Crippen molar-refractivity contribution in [3.63, 3.8) is 0 Å². The van der Waals surface area contributed by atoms with E-state index in [-0.39, 0.29) is 6.42 Å². The Kier molecular flexibility index (Phi) is 3.40. The molecule has 0 aliphatic carbocycles. The molecule has 0 unspecified atom stereocenters. The van der Waals surface area contributed by atoms with E-state index >= 15 is 0 Å². The highest BCUT2D eigenvalue weighted by molar-refractivity contribution is 5.84. The number of aromatic nitrogens is 1. The average Bonchev–Trinajstić information content (AvgIpc) is 2.46. The molecule has 3 heteroatoms. The zero-order chi connectivity index (χ0) is 14.8. The van der Waals surface area contributed by atoms with E-state index in [1.807, 2.05) is 49.4 Å². The summed E-state index contributed by atoms with van der Waals surface area (Å²) in [6.07, 6.45) is 0.0438. The molecule has 21 heavy (non-hydrogen) atoms. The van der Waals surface area contributed by atoms with Crippen LogP contribution in [0.1, 0.15) is 11.3 Å². The lowest BCUT2D eigenvalue weighted by Crippen LogP contribution is -1.99. The normalized spacial score (nSPS) is 10.7. The number of nitrogens with zero attached hydrogens (tertiary/aromatic N) is 1. The van der Waals surface area contributed by atoms with Crippen LogP contribution in [0.4, 0.5) is 0 Å². The van der Waals surface area contributed by atoms with Crippen molar-refractivity contribution in [2.45, 2.75) is 13.3 Å². The minimum atomic E-state index is -0.815. The highest BCUT2D eigenvalue weighted by Gasteiger charge is 2.04. The quantitative estimate of drug-likeness (QED) is 0.791. The van der Waals surface area contributed by atoms with Crippen LogP contribution in [0.15, 0.2) is 54.6 Å². The van der Waals surface area contributed by atoms with Gasteiger partial charge in [0, 0.05) is 11.1 Å². The van der Waals surface area contributed by atoms with Gasteiger partial charge in [0.15, 0.2) is 0 Å². The van der Waals surface area contributed by atoms with Gasteiger partial charge in [0.25, 0.3) is 0 Å². The topological polar surface area (TPSA) is 50.2 Å². The molecule has 0 saturated heterocycles. The number of hydrogen-bond donors (Lipinski definition) is 1. The van der Waals surface area contributed by atoms with Crippen LogP contribution in [0.2, 0.25) is 0 Å². The summed E-state index contributed by atoms with van der Waals surface area (Å²) in [4.78, 5) is 15.3. The molecule has 1 heterocycles. The molecule has 0 saturated carbocycles. The van der Waals surface area contributed by atoms with Crippen molar-refractivity contribution in [3.8, 4) is 11.1 Å². The summed E-state index contributed by atoms with van der Waals surface area (Å²) in [5.41, 5.74) is 4.87. The summed E-state index contributed by atoms with van der Waals surface area (Å²) < 4.78 is 0. The number of rotatable bonds is 3. The number of aryl methyl sites for hydroxylation is 1. The van der Waals surface area contributed by atoms with Crippen LogP contribution in [0.25, 0.3) is 22.0 Å². The maximum absolute atomic E-state index is 10.8. The van der Waals surface area contributed by atoms with E-state index in [1.54, 1.807) is 0 Å². The van der Waals surface area contributed by atoms with Crippen molar-refractivity contribution in [1.29, 1.82) is 0 Å². The predicted molar refractivity (Wildman–Crippen MR) is 83.3 cm³/mol. The van der Waals surface area contributed by atoms with E-state index in [0.717, 1.165) is 33.3 Å². The summed E-state index contributed by atoms with van der Waals surface area (Å²) >= 11 is 0. The van der Waals surface area contributed by atoms with Crippen molar-refractivity contribution in [2.75, 3.05) is 0 Å². The molecule has 0 aliphatic rings. The maximum Gasteiger partial charge on any atom is 0.307 e. The summed E-state index contributed by atoms with van der Waals surface area (Å²) in [6, 6.07) is 17.8. The van der Waals surface area contributed by atoms with Crippen molar-refractivity contribution in [1.82, 2.24) is 4.98 Å². The number of fused-ring (bicyclic) bond motifs is 1. The predicted octanol–water partition coefficient (Wildman–Crippen LogP) is 3.84. The van der Waals surface area contributed by atoms with Crippen molar-refractivity contribution < 1.29 is 9.90 Å². The first-order chi connectivity index (χ1) is 10.1. The summed E-state index contributed by atoms with van der Waals surface area (Å²) in [7, 11) is 0. The minimum absolute atomic E-state index is 0.0438. The molecule has 3 aromatic rings. The largest absolute Gasteiger partial charge is 0.481 e. The third kappa shape index (κ3) is 2.92. The molecule has 0 aliphatic heterocycles. The fraction of sp³-hybridized carbons (Fsp3) is 0.111. The highest BCUT2D eigenvalue weighted by atomic mass is 16.4. The monoisotopic (exact) mass is 277 g/mol. The highest BCUT2D eigenvalue weighted by Crippen LogP contribution is 2.24. The number of aliphatic carboxylic acids is 1. The number of pyridine rings is 1. The van der Waals surface area contributed by atoms with Gasteiger partial charge in [-0.3, -0.25) is 9.78 Å². The van der Waals surface area contributed by atoms with Crippen LogP contribution in [-0.2, 0) is 11.2 Å². The second-order valence-corrected chi connectivity index (χ2v) is 5.13. The van der Waals surface area contributed by atoms with Gasteiger partial charge < -0.3 is 5.11 Å². The maximum atomic E-state index is 10.8. The van der Waals surface area contributed by atoms with Gasteiger partial charge in [-0.15, -0.1) is 0 Å². The summed E-state index contributed by atoms with van der Waals surface area (Å²) in [5, 5.41) is 9.97. The van der Waals surface area contributed by atoms with E-state index in [1.165, 1.54) is 0 Å². The molecule has 0 radical (unpaired) electrons. The molecule has 0 amide bonds. The first-order valence-corrected chi connectivity index (χ1v) is 6.80. The number of carbonyl (C=O) groups is 1. The molecular formula is C18H15NO2. The van der Waals surface area contributed by atoms with E-state index in [0.29, 0.717) is 0 Å². The van der Waals surface area contributed by atoms with Crippen molar-refractivity contribution in [2.24, 2.45) is 0 Å². The van der Waals surface area contributed by atoms with Gasteiger partial charge in [0.2, 0.25) is 0 Å². The van der Waals surface area contributed by atoms with Crippen LogP contribution in [0.3, 0.4) is 0 Å². The van der Waals surface area contributed by atoms with Gasteiger partial charge in [-0.1, -0.05) is 36.4 Å². The number of benzene rings is 2. The third-order valence-electron chi connectivity index (χ3n) is 3.44. The van der Waals surface area contributed by atoms with Crippen LogP contribution >= 0.6 is 0 Å². The Hall–Kier alpha value is -2.68. The van der Waals surface area contributed by atoms with Gasteiger partial charge in [-0.25, -0.2) is 0 Å². The van der Waals surface area contributed by atoms with Crippen LogP contribution in [-0.4, -0.2) is 16.1 Å². The summed E-state index contributed by atoms with van der Waals surface area (Å²) in [5.74, 6) is -0.815. The Morgan fingerprint density at radius 3 is 2.67 bits per heavy atom. The Morgan fingerprint density at radius 1 is 1.05 bits per heavy atom. The number of carboxylic acids is 1. The zero-order valence-corrected chi connectivity index (χ0v) is 11.7. The summed E-state index contributed by atoms with van der Waals surface area (Å²) in [6.45, 7) is 1.97. The first-order valence-electron chi connectivity index (χ1n) is 6.80. The van der Waals surface area contributed by atoms with Crippen molar-refractivity contribution in [3.05, 3.63) is 65.9 Å². The Morgan fingerprint density at radius 2 is 1.86 bits per heavy atom. The molecule has 104 valence electrons. The molecule has 0 bridgehead atoms. The molecule has 2 aromatic carbocycles. The molecule has 0 atom stereocenters. The molecule has 1 N–H and O–H groups in total. The van der Waals surface area contributed by atoms with Crippen molar-refractivity contribution >= 4 is 16.9 Å². The van der Waals surface area contributed by atoms with E-state index in [2.05, 4.69) is 17.1 Å². The van der Waals surface area contributed by atoms with Crippen LogP contribution in [0, 0.1) is 6.92 Å². The molecule has 3 rings (SSSR count).